The molecule has 122 valence electrons. The van der Waals surface area contributed by atoms with Crippen LogP contribution in [0.3, 0.4) is 0 Å². The molecule has 0 aliphatic heterocycles. The van der Waals surface area contributed by atoms with E-state index < -0.39 is 22.6 Å². The molecule has 0 bridgehead atoms. The Morgan fingerprint density at radius 3 is 2.32 bits per heavy atom. The molecule has 1 unspecified atom stereocenters. The van der Waals surface area contributed by atoms with Gasteiger partial charge in [0.25, 0.3) is 0 Å². The number of hydrogen-bond acceptors (Lipinski definition) is 5. The van der Waals surface area contributed by atoms with Crippen LogP contribution in [0, 0.1) is 5.41 Å². The van der Waals surface area contributed by atoms with Gasteiger partial charge in [0.05, 0.1) is 5.41 Å². The van der Waals surface area contributed by atoms with Crippen molar-refractivity contribution in [3.05, 3.63) is 30.3 Å². The first-order valence-corrected chi connectivity index (χ1v) is 8.45. The van der Waals surface area contributed by atoms with E-state index in [1.807, 2.05) is 13.0 Å². The number of carbonyl (C=O) groups is 2. The van der Waals surface area contributed by atoms with E-state index in [1.165, 1.54) is 0 Å². The second-order valence-corrected chi connectivity index (χ2v) is 6.85. The van der Waals surface area contributed by atoms with Crippen molar-refractivity contribution in [3.63, 3.8) is 0 Å². The first kappa shape index (κ1) is 18.5. The highest BCUT2D eigenvalue weighted by Gasteiger charge is 2.27. The van der Waals surface area contributed by atoms with Crippen molar-refractivity contribution >= 4 is 23.1 Å². The number of benzene rings is 1. The van der Waals surface area contributed by atoms with E-state index in [0.717, 1.165) is 0 Å². The summed E-state index contributed by atoms with van der Waals surface area (Å²) in [6, 6.07) is 8.71. The molecule has 1 aromatic rings. The van der Waals surface area contributed by atoms with E-state index in [9.17, 15) is 14.1 Å². The minimum atomic E-state index is -1.43. The smallest absolute Gasteiger partial charge is 0.356 e. The van der Waals surface area contributed by atoms with E-state index in [2.05, 4.69) is 0 Å². The fourth-order valence-corrected chi connectivity index (χ4v) is 2.36. The average Bonchev–Trinajstić information content (AvgIpc) is 2.52. The van der Waals surface area contributed by atoms with Gasteiger partial charge < -0.3 is 14.0 Å². The molecule has 0 aliphatic carbocycles. The molecule has 1 rings (SSSR count). The number of rotatable bonds is 8. The fourth-order valence-electron chi connectivity index (χ4n) is 1.43. The van der Waals surface area contributed by atoms with Crippen molar-refractivity contribution in [2.45, 2.75) is 32.1 Å². The highest BCUT2D eigenvalue weighted by atomic mass is 32.2. The Balaban J connectivity index is 2.25. The van der Waals surface area contributed by atoms with Gasteiger partial charge in [0, 0.05) is 0 Å². The number of hydrogen-bond donors (Lipinski definition) is 0. The third-order valence-corrected chi connectivity index (χ3v) is 4.57. The van der Waals surface area contributed by atoms with Gasteiger partial charge in [0.15, 0.2) is 4.90 Å². The highest BCUT2D eigenvalue weighted by Crippen LogP contribution is 2.21. The largest absolute Gasteiger partial charge is 0.611 e. The molecule has 0 saturated carbocycles. The number of ether oxygens (including phenoxy) is 2. The van der Waals surface area contributed by atoms with Crippen LogP contribution in [0.1, 0.15) is 27.2 Å². The molecule has 0 aliphatic rings. The maximum absolute atomic E-state index is 11.9. The fraction of sp³-hybridized carbons (Fsp3) is 0.500. The Labute approximate surface area is 134 Å². The molecule has 22 heavy (non-hydrogen) atoms. The molecule has 6 heteroatoms. The molecule has 0 radical (unpaired) electrons. The van der Waals surface area contributed by atoms with Crippen molar-refractivity contribution in [2.75, 3.05) is 19.0 Å². The van der Waals surface area contributed by atoms with Crippen LogP contribution in [0.4, 0.5) is 0 Å². The van der Waals surface area contributed by atoms with E-state index in [4.69, 9.17) is 9.47 Å². The monoisotopic (exact) mass is 326 g/mol. The van der Waals surface area contributed by atoms with Crippen LogP contribution in [-0.2, 0) is 30.2 Å². The molecule has 1 atom stereocenters. The van der Waals surface area contributed by atoms with Gasteiger partial charge >= 0.3 is 11.9 Å². The van der Waals surface area contributed by atoms with E-state index in [1.54, 1.807) is 38.1 Å². The van der Waals surface area contributed by atoms with Crippen molar-refractivity contribution in [2.24, 2.45) is 5.41 Å². The molecule has 0 aromatic heterocycles. The zero-order valence-corrected chi connectivity index (χ0v) is 14.0. The maximum Gasteiger partial charge on any atom is 0.356 e. The van der Waals surface area contributed by atoms with E-state index >= 15 is 0 Å². The van der Waals surface area contributed by atoms with Crippen LogP contribution >= 0.6 is 0 Å². The first-order chi connectivity index (χ1) is 10.4. The van der Waals surface area contributed by atoms with Gasteiger partial charge in [0.2, 0.25) is 5.75 Å². The summed E-state index contributed by atoms with van der Waals surface area (Å²) >= 11 is -1.43. The molecule has 0 fully saturated rings. The van der Waals surface area contributed by atoms with Crippen LogP contribution < -0.4 is 0 Å². The lowest BCUT2D eigenvalue weighted by Crippen LogP contribution is -2.27. The lowest BCUT2D eigenvalue weighted by atomic mass is 9.91. The highest BCUT2D eigenvalue weighted by molar-refractivity contribution is 7.92. The van der Waals surface area contributed by atoms with Gasteiger partial charge in [-0.1, -0.05) is 25.1 Å². The van der Waals surface area contributed by atoms with Gasteiger partial charge in [-0.3, -0.25) is 4.79 Å². The molecular formula is C16H22O5S. The van der Waals surface area contributed by atoms with Crippen LogP contribution in [0.25, 0.3) is 0 Å². The molecule has 0 saturated heterocycles. The summed E-state index contributed by atoms with van der Waals surface area (Å²) in [7, 11) is 0. The minimum absolute atomic E-state index is 0.00593. The quantitative estimate of drug-likeness (QED) is 0.416. The van der Waals surface area contributed by atoms with Crippen molar-refractivity contribution < 1.29 is 23.6 Å². The third-order valence-electron chi connectivity index (χ3n) is 3.27. The topological polar surface area (TPSA) is 75.7 Å². The normalized spacial score (nSPS) is 12.5. The van der Waals surface area contributed by atoms with Crippen molar-refractivity contribution in [3.8, 4) is 0 Å². The van der Waals surface area contributed by atoms with Crippen molar-refractivity contribution in [1.29, 1.82) is 0 Å². The second-order valence-electron chi connectivity index (χ2n) is 5.40. The lowest BCUT2D eigenvalue weighted by molar-refractivity contribution is -0.158. The molecule has 0 heterocycles. The van der Waals surface area contributed by atoms with Crippen molar-refractivity contribution in [1.82, 2.24) is 0 Å². The van der Waals surface area contributed by atoms with E-state index in [-0.39, 0.29) is 24.9 Å². The summed E-state index contributed by atoms with van der Waals surface area (Å²) in [5.74, 6) is -1.11. The zero-order valence-electron chi connectivity index (χ0n) is 13.2. The summed E-state index contributed by atoms with van der Waals surface area (Å²) in [5.41, 5.74) is -0.543. The van der Waals surface area contributed by atoms with Gasteiger partial charge in [-0.05, 0) is 43.6 Å². The summed E-state index contributed by atoms with van der Waals surface area (Å²) in [4.78, 5) is 23.8. The predicted molar refractivity (Wildman–Crippen MR) is 83.7 cm³/mol. The molecule has 0 amide bonds. The van der Waals surface area contributed by atoms with Gasteiger partial charge in [0.1, 0.15) is 13.2 Å². The Morgan fingerprint density at radius 1 is 1.14 bits per heavy atom. The minimum Gasteiger partial charge on any atom is -0.611 e. The summed E-state index contributed by atoms with van der Waals surface area (Å²) < 4.78 is 21.9. The molecule has 0 spiro atoms. The predicted octanol–water partition coefficient (Wildman–Crippen LogP) is 2.32. The SMILES string of the molecule is CCC(C)(C)C(=O)OCCOC(=O)C[S+]([O-])c1ccccc1. The van der Waals surface area contributed by atoms with Gasteiger partial charge in [-0.25, -0.2) is 4.79 Å². The standard InChI is InChI=1S/C16H22O5S/c1-4-16(2,3)15(18)21-11-10-20-14(17)12-22(19)13-8-6-5-7-9-13/h5-9H,4,10-12H2,1-3H3. The molecule has 5 nitrogen and oxygen atoms in total. The third kappa shape index (κ3) is 6.07. The summed E-state index contributed by atoms with van der Waals surface area (Å²) in [5, 5.41) is 0. The molecular weight excluding hydrogens is 304 g/mol. The van der Waals surface area contributed by atoms with Gasteiger partial charge in [-0.2, -0.15) is 0 Å². The first-order valence-electron chi connectivity index (χ1n) is 7.13. The second kappa shape index (κ2) is 8.80. The van der Waals surface area contributed by atoms with Crippen LogP contribution in [0.15, 0.2) is 35.2 Å². The Hall–Kier alpha value is -1.53. The molecule has 1 aromatic carbocycles. The summed E-state index contributed by atoms with van der Waals surface area (Å²) in [6.07, 6.45) is 0.668. The maximum atomic E-state index is 11.9. The Bertz CT molecular complexity index is 487. The Morgan fingerprint density at radius 2 is 1.73 bits per heavy atom. The average molecular weight is 326 g/mol. The van der Waals surface area contributed by atoms with Crippen LogP contribution in [0.2, 0.25) is 0 Å². The molecule has 0 N–H and O–H groups in total. The zero-order chi connectivity index (χ0) is 16.6. The van der Waals surface area contributed by atoms with Crippen LogP contribution in [-0.4, -0.2) is 35.5 Å². The van der Waals surface area contributed by atoms with Gasteiger partial charge in [-0.15, -0.1) is 0 Å². The Kier molecular flexibility index (Phi) is 7.41. The lowest BCUT2D eigenvalue weighted by Gasteiger charge is -2.20. The number of carbonyl (C=O) groups excluding carboxylic acids is 2. The number of esters is 2. The van der Waals surface area contributed by atoms with Crippen LogP contribution in [0.5, 0.6) is 0 Å². The summed E-state index contributed by atoms with van der Waals surface area (Å²) in [6.45, 7) is 5.47. The van der Waals surface area contributed by atoms with E-state index in [0.29, 0.717) is 11.3 Å².